The monoisotopic (exact) mass is 540 g/mol. The Bertz CT molecular complexity index is 1450. The molecule has 0 unspecified atom stereocenters. The molecule has 194 valence electrons. The van der Waals surface area contributed by atoms with Crippen molar-refractivity contribution in [2.45, 2.75) is 44.1 Å². The summed E-state index contributed by atoms with van der Waals surface area (Å²) in [4.78, 5) is 18.8. The fraction of sp³-hybridized carbons (Fsp3) is 0.350. The average molecular weight is 540 g/mol. The third-order valence-electron chi connectivity index (χ3n) is 5.89. The van der Waals surface area contributed by atoms with Crippen LogP contribution in [0.1, 0.15) is 13.3 Å². The summed E-state index contributed by atoms with van der Waals surface area (Å²) in [6.45, 7) is 2.56. The van der Waals surface area contributed by atoms with E-state index in [9.17, 15) is 23.2 Å². The van der Waals surface area contributed by atoms with Gasteiger partial charge in [-0.1, -0.05) is 13.0 Å². The average Bonchev–Trinajstić information content (AvgIpc) is 3.52. The molecule has 0 radical (unpaired) electrons. The molecule has 2 atom stereocenters. The van der Waals surface area contributed by atoms with E-state index in [-0.39, 0.29) is 11.3 Å². The third-order valence-corrected chi connectivity index (χ3v) is 7.33. The van der Waals surface area contributed by atoms with Crippen molar-refractivity contribution < 1.29 is 45.9 Å². The number of aliphatic hydroxyl groups is 1. The van der Waals surface area contributed by atoms with E-state index < -0.39 is 44.0 Å². The minimum atomic E-state index is -4.36. The molecule has 2 aromatic heterocycles. The van der Waals surface area contributed by atoms with E-state index in [1.807, 2.05) is 6.92 Å². The number of phosphoric ester groups is 1. The highest BCUT2D eigenvalue weighted by Crippen LogP contribution is 2.81. The van der Waals surface area contributed by atoms with Crippen LogP contribution >= 0.6 is 7.82 Å². The topological polar surface area (TPSA) is 151 Å². The van der Waals surface area contributed by atoms with Gasteiger partial charge in [-0.15, -0.1) is 10.2 Å². The number of rotatable bonds is 7. The number of carbonyl (C=O) groups is 1. The summed E-state index contributed by atoms with van der Waals surface area (Å²) in [6, 6.07) is 6.58. The predicted octanol–water partition coefficient (Wildman–Crippen LogP) is 3.07. The Labute approximate surface area is 205 Å². The first-order chi connectivity index (χ1) is 17.6. The second-order valence-corrected chi connectivity index (χ2v) is 9.70. The number of aliphatic hydroxyl groups excluding tert-OH is 1. The van der Waals surface area contributed by atoms with Crippen LogP contribution in [0.25, 0.3) is 22.6 Å². The van der Waals surface area contributed by atoms with Gasteiger partial charge in [0.25, 0.3) is 6.43 Å². The van der Waals surface area contributed by atoms with Crippen LogP contribution in [0, 0.1) is 5.82 Å². The molecular formula is C20H16F3N6O7P. The van der Waals surface area contributed by atoms with Crippen LogP contribution in [0.15, 0.2) is 36.5 Å². The lowest BCUT2D eigenvalue weighted by atomic mass is 10.0. The van der Waals surface area contributed by atoms with E-state index in [4.69, 9.17) is 18.3 Å². The number of halogens is 3. The number of ether oxygens (including phenoxy) is 1. The number of phosphoric acid groups is 1. The molecule has 3 aromatic rings. The van der Waals surface area contributed by atoms with Gasteiger partial charge in [0.05, 0.1) is 12.2 Å². The minimum absolute atomic E-state index is 0.0816. The van der Waals surface area contributed by atoms with E-state index in [1.165, 1.54) is 23.1 Å². The van der Waals surface area contributed by atoms with Gasteiger partial charge in [-0.2, -0.15) is 4.80 Å². The Morgan fingerprint density at radius 1 is 1.19 bits per heavy atom. The lowest BCUT2D eigenvalue weighted by Crippen LogP contribution is -2.65. The molecule has 6 heterocycles. The molecule has 2 bridgehead atoms. The lowest BCUT2D eigenvalue weighted by molar-refractivity contribution is -0.297. The van der Waals surface area contributed by atoms with Crippen LogP contribution in [0.2, 0.25) is 0 Å². The van der Waals surface area contributed by atoms with Gasteiger partial charge in [-0.25, -0.2) is 41.0 Å². The summed E-state index contributed by atoms with van der Waals surface area (Å²) in [5.74, 6) is -6.10. The summed E-state index contributed by atoms with van der Waals surface area (Å²) < 4.78 is 73.9. The molecule has 0 aliphatic carbocycles. The van der Waals surface area contributed by atoms with Gasteiger partial charge in [-0.3, -0.25) is 4.98 Å². The van der Waals surface area contributed by atoms with Crippen LogP contribution in [0.4, 0.5) is 23.7 Å². The zero-order chi connectivity index (χ0) is 26.2. The first kappa shape index (κ1) is 23.9. The molecule has 4 fully saturated rings. The second-order valence-electron chi connectivity index (χ2n) is 8.26. The van der Waals surface area contributed by atoms with Crippen LogP contribution in [0.3, 0.4) is 0 Å². The van der Waals surface area contributed by atoms with Crippen molar-refractivity contribution >= 4 is 19.6 Å². The molecular weight excluding hydrogens is 524 g/mol. The molecule has 4 aliphatic heterocycles. The number of benzene rings is 1. The predicted molar refractivity (Wildman–Crippen MR) is 114 cm³/mol. The van der Waals surface area contributed by atoms with Crippen molar-refractivity contribution in [2.75, 3.05) is 4.90 Å². The number of hydrogen-bond donors (Lipinski definition) is 1. The first-order valence-electron chi connectivity index (χ1n) is 10.9. The molecule has 4 saturated heterocycles. The summed E-state index contributed by atoms with van der Waals surface area (Å²) in [6.07, 6.45) is -5.39. The number of aromatic nitrogens is 5. The minimum Gasteiger partial charge on any atom is -0.404 e. The van der Waals surface area contributed by atoms with Crippen molar-refractivity contribution in [3.05, 3.63) is 42.3 Å². The maximum absolute atomic E-state index is 15.2. The summed E-state index contributed by atoms with van der Waals surface area (Å²) in [5.41, 5.74) is 0.606. The van der Waals surface area contributed by atoms with Crippen molar-refractivity contribution in [1.82, 2.24) is 25.2 Å². The molecule has 17 heteroatoms. The lowest BCUT2D eigenvalue weighted by Gasteiger charge is -2.39. The molecule has 7 rings (SSSR count). The Kier molecular flexibility index (Phi) is 5.20. The molecule has 4 aliphatic rings. The van der Waals surface area contributed by atoms with Gasteiger partial charge in [-0.05, 0) is 35.9 Å². The molecule has 1 amide bonds. The van der Waals surface area contributed by atoms with Gasteiger partial charge >= 0.3 is 25.6 Å². The first-order valence-corrected chi connectivity index (χ1v) is 12.3. The number of alkyl halides is 2. The number of carbonyl (C=O) groups excluding carboxylic acids is 1. The Balaban J connectivity index is 1.30. The largest absolute Gasteiger partial charge is 0.486 e. The number of anilines is 1. The molecule has 1 aromatic carbocycles. The number of hydrogen-bond acceptors (Lipinski definition) is 11. The van der Waals surface area contributed by atoms with Crippen LogP contribution in [0.5, 0.6) is 0 Å². The smallest absolute Gasteiger partial charge is 0.404 e. The normalized spacial score (nSPS) is 28.8. The maximum Gasteiger partial charge on any atom is 0.486 e. The highest BCUT2D eigenvalue weighted by Gasteiger charge is 2.92. The highest BCUT2D eigenvalue weighted by molar-refractivity contribution is 7.50. The van der Waals surface area contributed by atoms with E-state index >= 15 is 4.39 Å². The molecule has 1 spiro atoms. The number of aryl methyl sites for hydroxylation is 1. The molecule has 13 nitrogen and oxygen atoms in total. The third kappa shape index (κ3) is 3.33. The Hall–Kier alpha value is -3.43. The quantitative estimate of drug-likeness (QED) is 0.440. The van der Waals surface area contributed by atoms with Gasteiger partial charge in [0, 0.05) is 17.3 Å². The number of amides is 1. The SMILES string of the molecule is CCCn1nnc(-c2ccc(-c3ccc(N4C(=O)O[C@@]5([C@H](O)C(F)F)OP6(=O)OC45O6)cc3F)cn2)n1. The van der Waals surface area contributed by atoms with E-state index in [2.05, 4.69) is 20.4 Å². The van der Waals surface area contributed by atoms with Crippen molar-refractivity contribution in [3.63, 3.8) is 0 Å². The number of tetrazole rings is 1. The van der Waals surface area contributed by atoms with Crippen LogP contribution < -0.4 is 4.90 Å². The number of nitrogens with zero attached hydrogens (tertiary/aromatic N) is 6. The van der Waals surface area contributed by atoms with Gasteiger partial charge in [0.1, 0.15) is 11.5 Å². The van der Waals surface area contributed by atoms with E-state index in [0.29, 0.717) is 28.5 Å². The van der Waals surface area contributed by atoms with Crippen LogP contribution in [-0.2, 0) is 29.4 Å². The summed E-state index contributed by atoms with van der Waals surface area (Å²) in [7, 11) is -4.36. The van der Waals surface area contributed by atoms with E-state index in [0.717, 1.165) is 12.5 Å². The second kappa shape index (κ2) is 8.03. The highest BCUT2D eigenvalue weighted by atomic mass is 31.2. The molecule has 0 saturated carbocycles. The van der Waals surface area contributed by atoms with Gasteiger partial charge in [0.15, 0.2) is 6.10 Å². The molecule has 37 heavy (non-hydrogen) atoms. The summed E-state index contributed by atoms with van der Waals surface area (Å²) >= 11 is 0. The Morgan fingerprint density at radius 2 is 1.97 bits per heavy atom. The maximum atomic E-state index is 15.2. The van der Waals surface area contributed by atoms with Gasteiger partial charge < -0.3 is 9.84 Å². The zero-order valence-electron chi connectivity index (χ0n) is 18.7. The van der Waals surface area contributed by atoms with Crippen LogP contribution in [-0.4, -0.2) is 60.6 Å². The zero-order valence-corrected chi connectivity index (χ0v) is 19.6. The standard InChI is InChI=1S/C20H16F3N6O7P/c1-2-7-28-26-17(25-27-28)14-6-3-10(9-24-14)12-5-4-11(8-13(12)21)29-18(31)33-19(15(30)16(22)23)20(29)35-37(32,34-19)36-20/h3-6,8-9,15-16,30H,2,7H2,1H3/t15-,19+,20?,37?/m1/s1. The fourth-order valence-electron chi connectivity index (χ4n) is 4.26. The van der Waals surface area contributed by atoms with Crippen molar-refractivity contribution in [1.29, 1.82) is 0 Å². The van der Waals surface area contributed by atoms with Crippen molar-refractivity contribution in [3.8, 4) is 22.6 Å². The summed E-state index contributed by atoms with van der Waals surface area (Å²) in [5, 5.41) is 22.1. The molecule has 1 N–H and O–H groups in total. The van der Waals surface area contributed by atoms with Gasteiger partial charge in [0.2, 0.25) is 5.82 Å². The van der Waals surface area contributed by atoms with Crippen molar-refractivity contribution in [2.24, 2.45) is 0 Å². The number of pyridine rings is 1. The fourth-order valence-corrected chi connectivity index (χ4v) is 5.97. The Morgan fingerprint density at radius 3 is 2.62 bits per heavy atom. The van der Waals surface area contributed by atoms with E-state index in [1.54, 1.807) is 12.1 Å².